The first-order valence-corrected chi connectivity index (χ1v) is 11.8. The Bertz CT molecular complexity index is 1450. The number of aryl methyl sites for hydroxylation is 2. The molecule has 0 aromatic heterocycles. The highest BCUT2D eigenvalue weighted by atomic mass is 14.3. The number of rotatable bonds is 3. The quantitative estimate of drug-likeness (QED) is 0.277. The van der Waals surface area contributed by atoms with Crippen molar-refractivity contribution in [2.75, 3.05) is 0 Å². The largest absolute Gasteiger partial charge is 0.0616 e. The molecular weight excluding hydrogens is 384 g/mol. The van der Waals surface area contributed by atoms with Crippen LogP contribution in [0, 0.1) is 13.8 Å². The van der Waals surface area contributed by atoms with Gasteiger partial charge in [-0.2, -0.15) is 0 Å². The lowest BCUT2D eigenvalue weighted by Gasteiger charge is -2.32. The van der Waals surface area contributed by atoms with Gasteiger partial charge in [0, 0.05) is 0 Å². The van der Waals surface area contributed by atoms with E-state index in [9.17, 15) is 0 Å². The van der Waals surface area contributed by atoms with Crippen molar-refractivity contribution in [1.29, 1.82) is 0 Å². The summed E-state index contributed by atoms with van der Waals surface area (Å²) in [4.78, 5) is 0. The Morgan fingerprint density at radius 2 is 1.28 bits per heavy atom. The number of hydrogen-bond donors (Lipinski definition) is 0. The van der Waals surface area contributed by atoms with E-state index in [1.54, 1.807) is 5.56 Å². The zero-order chi connectivity index (χ0) is 21.7. The van der Waals surface area contributed by atoms with Crippen LogP contribution in [0.3, 0.4) is 0 Å². The van der Waals surface area contributed by atoms with Crippen LogP contribution in [0.2, 0.25) is 0 Å². The van der Waals surface area contributed by atoms with Gasteiger partial charge >= 0.3 is 0 Å². The minimum absolute atomic E-state index is 0.629. The van der Waals surface area contributed by atoms with E-state index >= 15 is 0 Å². The fourth-order valence-electron chi connectivity index (χ4n) is 5.44. The summed E-state index contributed by atoms with van der Waals surface area (Å²) in [5.74, 6) is 0.629. The second kappa shape index (κ2) is 7.64. The predicted molar refractivity (Wildman–Crippen MR) is 138 cm³/mol. The van der Waals surface area contributed by atoms with Gasteiger partial charge in [-0.15, -0.1) is 0 Å². The van der Waals surface area contributed by atoms with Crippen molar-refractivity contribution < 1.29 is 0 Å². The molecule has 156 valence electrons. The average molecular weight is 413 g/mol. The van der Waals surface area contributed by atoms with Gasteiger partial charge in [0.1, 0.15) is 0 Å². The molecule has 0 radical (unpaired) electrons. The lowest BCUT2D eigenvalue weighted by molar-refractivity contribution is 0.421. The molecule has 0 heteroatoms. The van der Waals surface area contributed by atoms with Crippen molar-refractivity contribution in [2.24, 2.45) is 0 Å². The molecule has 0 atom stereocenters. The SMILES string of the molecule is Cc1ccc(-c2cc3ccccc3c(-c3c(C)ccc4ccccc34)c2C2CCC2)cc1. The maximum Gasteiger partial charge on any atom is -0.00554 e. The van der Waals surface area contributed by atoms with Crippen LogP contribution in [0.25, 0.3) is 43.8 Å². The molecule has 0 spiro atoms. The third-order valence-corrected chi connectivity index (χ3v) is 7.35. The van der Waals surface area contributed by atoms with Crippen LogP contribution >= 0.6 is 0 Å². The van der Waals surface area contributed by atoms with E-state index in [1.165, 1.54) is 74.2 Å². The van der Waals surface area contributed by atoms with Crippen LogP contribution in [0.5, 0.6) is 0 Å². The van der Waals surface area contributed by atoms with E-state index in [-0.39, 0.29) is 0 Å². The van der Waals surface area contributed by atoms with Crippen molar-refractivity contribution in [1.82, 2.24) is 0 Å². The van der Waals surface area contributed by atoms with Crippen molar-refractivity contribution >= 4 is 21.5 Å². The third-order valence-electron chi connectivity index (χ3n) is 7.35. The Balaban J connectivity index is 1.79. The zero-order valence-corrected chi connectivity index (χ0v) is 18.9. The standard InChI is InChI=1S/C32H28/c1-21-14-17-24(18-15-21)29-20-26-9-4-6-13-28(26)32(31(29)25-10-7-11-25)30-22(2)16-19-23-8-3-5-12-27(23)30/h3-6,8-9,12-20,25H,7,10-11H2,1-2H3. The Kier molecular flexibility index (Phi) is 4.61. The first-order chi connectivity index (χ1) is 15.7. The van der Waals surface area contributed by atoms with Gasteiger partial charge in [-0.1, -0.05) is 96.9 Å². The van der Waals surface area contributed by atoms with E-state index in [0.717, 1.165) is 0 Å². The van der Waals surface area contributed by atoms with Crippen LogP contribution in [-0.2, 0) is 0 Å². The maximum absolute atomic E-state index is 2.44. The maximum atomic E-state index is 2.44. The van der Waals surface area contributed by atoms with Gasteiger partial charge in [0.05, 0.1) is 0 Å². The van der Waals surface area contributed by atoms with E-state index in [1.807, 2.05) is 0 Å². The van der Waals surface area contributed by atoms with Crippen LogP contribution in [0.1, 0.15) is 41.9 Å². The van der Waals surface area contributed by atoms with Gasteiger partial charge in [-0.05, 0) is 93.6 Å². The molecule has 0 saturated heterocycles. The van der Waals surface area contributed by atoms with Gasteiger partial charge in [-0.25, -0.2) is 0 Å². The Morgan fingerprint density at radius 1 is 0.625 bits per heavy atom. The molecule has 0 bridgehead atoms. The first-order valence-electron chi connectivity index (χ1n) is 11.8. The van der Waals surface area contributed by atoms with Crippen LogP contribution in [-0.4, -0.2) is 0 Å². The summed E-state index contributed by atoms with van der Waals surface area (Å²) in [7, 11) is 0. The summed E-state index contributed by atoms with van der Waals surface area (Å²) in [6.45, 7) is 4.45. The molecule has 0 amide bonds. The Hall–Kier alpha value is -3.38. The lowest BCUT2D eigenvalue weighted by Crippen LogP contribution is -2.12. The average Bonchev–Trinajstić information content (AvgIpc) is 2.79. The fourth-order valence-corrected chi connectivity index (χ4v) is 5.44. The molecule has 0 aliphatic heterocycles. The predicted octanol–water partition coefficient (Wildman–Crippen LogP) is 9.21. The zero-order valence-electron chi connectivity index (χ0n) is 18.9. The summed E-state index contributed by atoms with van der Waals surface area (Å²) < 4.78 is 0. The molecular formula is C32H28. The molecule has 0 nitrogen and oxygen atoms in total. The Labute approximate surface area is 190 Å². The van der Waals surface area contributed by atoms with E-state index in [4.69, 9.17) is 0 Å². The van der Waals surface area contributed by atoms with E-state index in [0.29, 0.717) is 5.92 Å². The van der Waals surface area contributed by atoms with Gasteiger partial charge in [0.15, 0.2) is 0 Å². The third kappa shape index (κ3) is 3.06. The van der Waals surface area contributed by atoms with Gasteiger partial charge in [0.25, 0.3) is 0 Å². The van der Waals surface area contributed by atoms with Crippen molar-refractivity contribution in [2.45, 2.75) is 39.0 Å². The van der Waals surface area contributed by atoms with Crippen LogP contribution in [0.15, 0.2) is 91.0 Å². The van der Waals surface area contributed by atoms with Crippen LogP contribution in [0.4, 0.5) is 0 Å². The molecule has 6 rings (SSSR count). The molecule has 1 saturated carbocycles. The van der Waals surface area contributed by atoms with Crippen molar-refractivity contribution in [3.05, 3.63) is 108 Å². The highest BCUT2D eigenvalue weighted by Gasteiger charge is 2.28. The molecule has 0 heterocycles. The summed E-state index contributed by atoms with van der Waals surface area (Å²) >= 11 is 0. The smallest absolute Gasteiger partial charge is 0.00554 e. The summed E-state index contributed by atoms with van der Waals surface area (Å²) in [6, 6.07) is 34.0. The molecule has 0 N–H and O–H groups in total. The number of fused-ring (bicyclic) bond motifs is 2. The highest BCUT2D eigenvalue weighted by molar-refractivity contribution is 6.10. The fraction of sp³-hybridized carbons (Fsp3) is 0.188. The first kappa shape index (κ1) is 19.3. The second-order valence-electron chi connectivity index (χ2n) is 9.41. The summed E-state index contributed by atoms with van der Waals surface area (Å²) in [5, 5.41) is 5.38. The summed E-state index contributed by atoms with van der Waals surface area (Å²) in [6.07, 6.45) is 3.90. The highest BCUT2D eigenvalue weighted by Crippen LogP contribution is 2.50. The molecule has 5 aromatic carbocycles. The topological polar surface area (TPSA) is 0 Å². The Morgan fingerprint density at radius 3 is 1.97 bits per heavy atom. The minimum Gasteiger partial charge on any atom is -0.0616 e. The molecule has 1 aliphatic rings. The van der Waals surface area contributed by atoms with Crippen LogP contribution < -0.4 is 0 Å². The minimum atomic E-state index is 0.629. The van der Waals surface area contributed by atoms with E-state index in [2.05, 4.69) is 105 Å². The van der Waals surface area contributed by atoms with Gasteiger partial charge < -0.3 is 0 Å². The molecule has 5 aromatic rings. The number of benzene rings is 5. The molecule has 1 fully saturated rings. The molecule has 0 unspecified atom stereocenters. The normalized spacial score (nSPS) is 14.1. The van der Waals surface area contributed by atoms with E-state index < -0.39 is 0 Å². The van der Waals surface area contributed by atoms with Gasteiger partial charge in [0.2, 0.25) is 0 Å². The molecule has 32 heavy (non-hydrogen) atoms. The monoisotopic (exact) mass is 412 g/mol. The summed E-state index contributed by atoms with van der Waals surface area (Å²) in [5.41, 5.74) is 9.84. The second-order valence-corrected chi connectivity index (χ2v) is 9.41. The lowest BCUT2D eigenvalue weighted by atomic mass is 9.72. The number of hydrogen-bond acceptors (Lipinski definition) is 0. The van der Waals surface area contributed by atoms with Crippen molar-refractivity contribution in [3.8, 4) is 22.3 Å². The van der Waals surface area contributed by atoms with Crippen molar-refractivity contribution in [3.63, 3.8) is 0 Å². The molecule has 1 aliphatic carbocycles. The van der Waals surface area contributed by atoms with Gasteiger partial charge in [-0.3, -0.25) is 0 Å².